The first-order valence-electron chi connectivity index (χ1n) is 5.17. The minimum absolute atomic E-state index is 1.03. The molecule has 1 aliphatic heterocycles. The molecular formula is C10H19N. The van der Waals surface area contributed by atoms with Crippen LogP contribution in [0.4, 0.5) is 0 Å². The Hall–Kier alpha value is -0.0400. The smallest absolute Gasteiger partial charge is 0.00179 e. The van der Waals surface area contributed by atoms with Crippen molar-refractivity contribution < 1.29 is 0 Å². The molecule has 1 unspecified atom stereocenters. The fourth-order valence-corrected chi connectivity index (χ4v) is 2.36. The van der Waals surface area contributed by atoms with Crippen LogP contribution >= 0.6 is 0 Å². The third kappa shape index (κ3) is 1.76. The Kier molecular flexibility index (Phi) is 2.47. The Labute approximate surface area is 69.6 Å². The molecule has 0 amide bonds. The Morgan fingerprint density at radius 2 is 1.64 bits per heavy atom. The van der Waals surface area contributed by atoms with Crippen LogP contribution in [-0.4, -0.2) is 13.1 Å². The van der Waals surface area contributed by atoms with Gasteiger partial charge >= 0.3 is 0 Å². The van der Waals surface area contributed by atoms with Crippen LogP contribution < -0.4 is 5.32 Å². The summed E-state index contributed by atoms with van der Waals surface area (Å²) in [5.41, 5.74) is 0. The minimum Gasteiger partial charge on any atom is -0.316 e. The Morgan fingerprint density at radius 3 is 2.36 bits per heavy atom. The molecule has 2 fully saturated rings. The van der Waals surface area contributed by atoms with Crippen LogP contribution in [-0.2, 0) is 0 Å². The summed E-state index contributed by atoms with van der Waals surface area (Å²) in [6.45, 7) is 2.58. The van der Waals surface area contributed by atoms with Gasteiger partial charge in [-0.3, -0.25) is 0 Å². The van der Waals surface area contributed by atoms with Crippen molar-refractivity contribution >= 4 is 0 Å². The lowest BCUT2D eigenvalue weighted by molar-refractivity contribution is 0.197. The van der Waals surface area contributed by atoms with Crippen molar-refractivity contribution in [3.8, 4) is 0 Å². The Morgan fingerprint density at radius 1 is 0.818 bits per heavy atom. The molecule has 1 heterocycles. The van der Waals surface area contributed by atoms with Gasteiger partial charge in [-0.1, -0.05) is 25.7 Å². The summed E-state index contributed by atoms with van der Waals surface area (Å²) in [5.74, 6) is 2.13. The second-order valence-corrected chi connectivity index (χ2v) is 4.15. The maximum Gasteiger partial charge on any atom is -0.00179 e. The average Bonchev–Trinajstić information content (AvgIpc) is 2.12. The van der Waals surface area contributed by atoms with Crippen LogP contribution in [0.5, 0.6) is 0 Å². The van der Waals surface area contributed by atoms with E-state index in [2.05, 4.69) is 5.32 Å². The molecule has 2 aliphatic rings. The summed E-state index contributed by atoms with van der Waals surface area (Å²) in [4.78, 5) is 0. The van der Waals surface area contributed by atoms with Gasteiger partial charge in [0.25, 0.3) is 0 Å². The van der Waals surface area contributed by atoms with E-state index in [1.165, 1.54) is 51.6 Å². The third-order valence-electron chi connectivity index (χ3n) is 3.40. The van der Waals surface area contributed by atoms with Crippen molar-refractivity contribution in [1.82, 2.24) is 5.32 Å². The monoisotopic (exact) mass is 153 g/mol. The number of rotatable bonds is 1. The Balaban J connectivity index is 1.80. The van der Waals surface area contributed by atoms with Crippen LogP contribution in [0.3, 0.4) is 0 Å². The molecule has 0 radical (unpaired) electrons. The van der Waals surface area contributed by atoms with Crippen LogP contribution in [0, 0.1) is 11.8 Å². The molecule has 2 rings (SSSR count). The predicted molar refractivity (Wildman–Crippen MR) is 47.6 cm³/mol. The maximum absolute atomic E-state index is 3.55. The van der Waals surface area contributed by atoms with E-state index in [1.54, 1.807) is 0 Å². The summed E-state index contributed by atoms with van der Waals surface area (Å²) in [5, 5.41) is 3.55. The number of hydrogen-bond acceptors (Lipinski definition) is 1. The maximum atomic E-state index is 3.55. The first-order chi connectivity index (χ1) is 5.47. The standard InChI is InChI=1S/C10H19N/c1-2-7-11-8-10(4-1)9-5-3-6-9/h9-11H,1-8H2. The largest absolute Gasteiger partial charge is 0.316 e. The quantitative estimate of drug-likeness (QED) is 0.609. The second kappa shape index (κ2) is 3.57. The zero-order valence-corrected chi connectivity index (χ0v) is 7.31. The third-order valence-corrected chi connectivity index (χ3v) is 3.40. The highest BCUT2D eigenvalue weighted by molar-refractivity contribution is 4.80. The van der Waals surface area contributed by atoms with Gasteiger partial charge in [0.2, 0.25) is 0 Å². The van der Waals surface area contributed by atoms with E-state index in [0.717, 1.165) is 11.8 Å². The summed E-state index contributed by atoms with van der Waals surface area (Å²) >= 11 is 0. The molecule has 0 bridgehead atoms. The molecule has 0 aromatic rings. The normalized spacial score (nSPS) is 34.4. The van der Waals surface area contributed by atoms with Crippen molar-refractivity contribution in [2.24, 2.45) is 11.8 Å². The number of nitrogens with one attached hydrogen (secondary N) is 1. The molecule has 1 atom stereocenters. The summed E-state index contributed by atoms with van der Waals surface area (Å²) in [7, 11) is 0. The lowest BCUT2D eigenvalue weighted by atomic mass is 9.74. The van der Waals surface area contributed by atoms with Crippen LogP contribution in [0.1, 0.15) is 38.5 Å². The van der Waals surface area contributed by atoms with Gasteiger partial charge in [0.1, 0.15) is 0 Å². The second-order valence-electron chi connectivity index (χ2n) is 4.15. The molecule has 1 N–H and O–H groups in total. The molecular weight excluding hydrogens is 134 g/mol. The SMILES string of the molecule is C1CCC(C2CCC2)CNC1. The first kappa shape index (κ1) is 7.60. The van der Waals surface area contributed by atoms with Gasteiger partial charge in [-0.2, -0.15) is 0 Å². The van der Waals surface area contributed by atoms with Gasteiger partial charge in [0.05, 0.1) is 0 Å². The van der Waals surface area contributed by atoms with Gasteiger partial charge in [0, 0.05) is 0 Å². The number of hydrogen-bond donors (Lipinski definition) is 1. The zero-order chi connectivity index (χ0) is 7.52. The molecule has 0 spiro atoms. The summed E-state index contributed by atoms with van der Waals surface area (Å²) in [6.07, 6.45) is 8.91. The van der Waals surface area contributed by atoms with Crippen LogP contribution in [0.2, 0.25) is 0 Å². The van der Waals surface area contributed by atoms with Gasteiger partial charge in [-0.15, -0.1) is 0 Å². The van der Waals surface area contributed by atoms with Crippen molar-refractivity contribution in [2.75, 3.05) is 13.1 Å². The minimum atomic E-state index is 1.03. The van der Waals surface area contributed by atoms with Crippen molar-refractivity contribution in [2.45, 2.75) is 38.5 Å². The Bertz CT molecular complexity index is 110. The lowest BCUT2D eigenvalue weighted by Gasteiger charge is -2.33. The highest BCUT2D eigenvalue weighted by Crippen LogP contribution is 2.36. The van der Waals surface area contributed by atoms with E-state index < -0.39 is 0 Å². The first-order valence-corrected chi connectivity index (χ1v) is 5.17. The molecule has 1 aliphatic carbocycles. The molecule has 1 saturated carbocycles. The molecule has 1 saturated heterocycles. The molecule has 11 heavy (non-hydrogen) atoms. The van der Waals surface area contributed by atoms with Crippen molar-refractivity contribution in [3.63, 3.8) is 0 Å². The van der Waals surface area contributed by atoms with E-state index in [-0.39, 0.29) is 0 Å². The van der Waals surface area contributed by atoms with Gasteiger partial charge in [-0.25, -0.2) is 0 Å². The molecule has 1 heteroatoms. The van der Waals surface area contributed by atoms with E-state index in [4.69, 9.17) is 0 Å². The lowest BCUT2D eigenvalue weighted by Crippen LogP contribution is -2.30. The van der Waals surface area contributed by atoms with Crippen molar-refractivity contribution in [3.05, 3.63) is 0 Å². The topological polar surface area (TPSA) is 12.0 Å². The molecule has 0 aromatic carbocycles. The summed E-state index contributed by atoms with van der Waals surface area (Å²) < 4.78 is 0. The van der Waals surface area contributed by atoms with E-state index >= 15 is 0 Å². The van der Waals surface area contributed by atoms with Gasteiger partial charge < -0.3 is 5.32 Å². The molecule has 1 nitrogen and oxygen atoms in total. The fourth-order valence-electron chi connectivity index (χ4n) is 2.36. The van der Waals surface area contributed by atoms with Crippen molar-refractivity contribution in [1.29, 1.82) is 0 Å². The van der Waals surface area contributed by atoms with E-state index in [0.29, 0.717) is 0 Å². The highest BCUT2D eigenvalue weighted by Gasteiger charge is 2.27. The molecule has 0 aromatic heterocycles. The van der Waals surface area contributed by atoms with Crippen LogP contribution in [0.15, 0.2) is 0 Å². The van der Waals surface area contributed by atoms with Gasteiger partial charge in [0.15, 0.2) is 0 Å². The molecule has 64 valence electrons. The van der Waals surface area contributed by atoms with E-state index in [9.17, 15) is 0 Å². The van der Waals surface area contributed by atoms with E-state index in [1.807, 2.05) is 0 Å². The van der Waals surface area contributed by atoms with Crippen LogP contribution in [0.25, 0.3) is 0 Å². The highest BCUT2D eigenvalue weighted by atomic mass is 14.9. The summed E-state index contributed by atoms with van der Waals surface area (Å²) in [6, 6.07) is 0. The van der Waals surface area contributed by atoms with Gasteiger partial charge in [-0.05, 0) is 37.8 Å². The average molecular weight is 153 g/mol. The zero-order valence-electron chi connectivity index (χ0n) is 7.31. The fraction of sp³-hybridized carbons (Fsp3) is 1.00. The predicted octanol–water partition coefficient (Wildman–Crippen LogP) is 2.18.